The van der Waals surface area contributed by atoms with Crippen molar-refractivity contribution in [3.63, 3.8) is 0 Å². The first-order valence-corrected chi connectivity index (χ1v) is 13.3. The number of thiazole rings is 1. The van der Waals surface area contributed by atoms with Crippen molar-refractivity contribution in [1.29, 1.82) is 0 Å². The van der Waals surface area contributed by atoms with Crippen LogP contribution in [0.15, 0.2) is 56.8 Å². The van der Waals surface area contributed by atoms with E-state index >= 15 is 0 Å². The summed E-state index contributed by atoms with van der Waals surface area (Å²) in [6.07, 6.45) is 1.28. The van der Waals surface area contributed by atoms with E-state index in [-0.39, 0.29) is 17.3 Å². The van der Waals surface area contributed by atoms with Crippen LogP contribution in [-0.4, -0.2) is 36.3 Å². The van der Waals surface area contributed by atoms with E-state index in [0.717, 1.165) is 20.3 Å². The molecule has 1 atom stereocenters. The van der Waals surface area contributed by atoms with Crippen LogP contribution >= 0.6 is 27.3 Å². The summed E-state index contributed by atoms with van der Waals surface area (Å²) in [5.41, 5.74) is 2.03. The lowest BCUT2D eigenvalue weighted by molar-refractivity contribution is -0.122. The molecule has 1 saturated heterocycles. The molecule has 1 aromatic heterocycles. The highest BCUT2D eigenvalue weighted by Crippen LogP contribution is 2.27. The maximum absolute atomic E-state index is 13.1. The fourth-order valence-corrected chi connectivity index (χ4v) is 7.23. The number of piperidine rings is 1. The van der Waals surface area contributed by atoms with Gasteiger partial charge in [0.2, 0.25) is 10.0 Å². The highest BCUT2D eigenvalue weighted by molar-refractivity contribution is 9.10. The molecule has 0 N–H and O–H groups in total. The van der Waals surface area contributed by atoms with Crippen molar-refractivity contribution < 1.29 is 13.2 Å². The number of benzene rings is 2. The second-order valence-electron chi connectivity index (χ2n) is 7.68. The maximum Gasteiger partial charge on any atom is 0.252 e. The van der Waals surface area contributed by atoms with Gasteiger partial charge < -0.3 is 4.57 Å². The summed E-state index contributed by atoms with van der Waals surface area (Å²) in [6, 6.07) is 12.8. The number of fused-ring (bicyclic) bond motifs is 1. The molecule has 0 aliphatic carbocycles. The molecule has 1 aliphatic heterocycles. The first kappa shape index (κ1) is 22.4. The quantitative estimate of drug-likeness (QED) is 0.513. The molecule has 164 valence electrons. The van der Waals surface area contributed by atoms with E-state index in [4.69, 9.17) is 0 Å². The average Bonchev–Trinajstić information content (AvgIpc) is 3.12. The number of para-hydroxylation sites is 1. The highest BCUT2D eigenvalue weighted by Gasteiger charge is 2.33. The zero-order valence-electron chi connectivity index (χ0n) is 17.4. The van der Waals surface area contributed by atoms with E-state index in [1.54, 1.807) is 24.3 Å². The number of amides is 1. The smallest absolute Gasteiger partial charge is 0.252 e. The van der Waals surface area contributed by atoms with Gasteiger partial charge >= 0.3 is 0 Å². The van der Waals surface area contributed by atoms with E-state index in [1.807, 2.05) is 36.6 Å². The number of carbonyl (C=O) groups is 1. The molecule has 31 heavy (non-hydrogen) atoms. The highest BCUT2D eigenvalue weighted by atomic mass is 79.9. The Labute approximate surface area is 194 Å². The number of hydrogen-bond donors (Lipinski definition) is 0. The predicted octanol–water partition coefficient (Wildman–Crippen LogP) is 4.32. The van der Waals surface area contributed by atoms with Crippen molar-refractivity contribution in [2.24, 2.45) is 10.9 Å². The van der Waals surface area contributed by atoms with Gasteiger partial charge in [0.1, 0.15) is 0 Å². The number of rotatable bonds is 4. The minimum Gasteiger partial charge on any atom is -0.316 e. The van der Waals surface area contributed by atoms with Gasteiger partial charge in [-0.25, -0.2) is 8.42 Å². The van der Waals surface area contributed by atoms with Gasteiger partial charge in [-0.2, -0.15) is 9.30 Å². The molecule has 0 radical (unpaired) electrons. The second kappa shape index (κ2) is 8.97. The van der Waals surface area contributed by atoms with Crippen LogP contribution in [0.4, 0.5) is 0 Å². The summed E-state index contributed by atoms with van der Waals surface area (Å²) < 4.78 is 31.6. The van der Waals surface area contributed by atoms with Crippen molar-refractivity contribution in [3.8, 4) is 0 Å². The monoisotopic (exact) mass is 521 g/mol. The Bertz CT molecular complexity index is 1290. The van der Waals surface area contributed by atoms with Gasteiger partial charge in [0, 0.05) is 24.1 Å². The minimum atomic E-state index is -3.63. The normalized spacial score (nSPS) is 18.5. The number of halogens is 1. The van der Waals surface area contributed by atoms with Gasteiger partial charge in [0.15, 0.2) is 4.80 Å². The molecule has 1 aliphatic rings. The molecular formula is C22H24BrN3O3S2. The van der Waals surface area contributed by atoms with Crippen LogP contribution < -0.4 is 4.80 Å². The summed E-state index contributed by atoms with van der Waals surface area (Å²) in [5, 5.41) is 0. The van der Waals surface area contributed by atoms with E-state index in [0.29, 0.717) is 30.7 Å². The fourth-order valence-electron chi connectivity index (χ4n) is 3.87. The Morgan fingerprint density at radius 1 is 1.23 bits per heavy atom. The minimum absolute atomic E-state index is 0.166. The fraction of sp³-hybridized carbons (Fsp3) is 0.364. The third-order valence-electron chi connectivity index (χ3n) is 5.57. The Balaban J connectivity index is 1.62. The standard InChI is InChI=1S/C22H24BrN3O3S2/c1-3-26-20-18(23)7-4-8-19(20)30-22(26)24-21(27)16-6-5-13-25(14-16)31(28,29)17-11-9-15(2)10-12-17/h4,7-12,16H,3,5-6,13-14H2,1-2H3. The largest absolute Gasteiger partial charge is 0.316 e. The van der Waals surface area contributed by atoms with Crippen molar-refractivity contribution in [3.05, 3.63) is 57.3 Å². The summed E-state index contributed by atoms with van der Waals surface area (Å²) in [5.74, 6) is -0.693. The van der Waals surface area contributed by atoms with Crippen molar-refractivity contribution >= 4 is 53.4 Å². The zero-order chi connectivity index (χ0) is 22.2. The van der Waals surface area contributed by atoms with Gasteiger partial charge in [-0.05, 0) is 66.9 Å². The molecule has 1 amide bonds. The van der Waals surface area contributed by atoms with Gasteiger partial charge in [0.05, 0.1) is 21.0 Å². The Morgan fingerprint density at radius 2 is 1.97 bits per heavy atom. The van der Waals surface area contributed by atoms with Crippen LogP contribution in [0, 0.1) is 12.8 Å². The van der Waals surface area contributed by atoms with E-state index in [9.17, 15) is 13.2 Å². The number of nitrogens with zero attached hydrogens (tertiary/aromatic N) is 3. The lowest BCUT2D eigenvalue weighted by atomic mass is 9.99. The Kier molecular flexibility index (Phi) is 6.48. The molecule has 2 aromatic carbocycles. The second-order valence-corrected chi connectivity index (χ2v) is 11.5. The third-order valence-corrected chi connectivity index (χ3v) is 9.13. The molecule has 1 fully saturated rings. The molecular weight excluding hydrogens is 498 g/mol. The molecule has 2 heterocycles. The summed E-state index contributed by atoms with van der Waals surface area (Å²) in [6.45, 7) is 5.21. The summed E-state index contributed by atoms with van der Waals surface area (Å²) >= 11 is 5.06. The molecule has 0 saturated carbocycles. The molecule has 6 nitrogen and oxygen atoms in total. The van der Waals surface area contributed by atoms with E-state index in [1.165, 1.54) is 15.6 Å². The molecule has 9 heteroatoms. The molecule has 4 rings (SSSR count). The predicted molar refractivity (Wildman–Crippen MR) is 126 cm³/mol. The van der Waals surface area contributed by atoms with Crippen molar-refractivity contribution in [1.82, 2.24) is 8.87 Å². The molecule has 0 spiro atoms. The van der Waals surface area contributed by atoms with Crippen LogP contribution in [0.5, 0.6) is 0 Å². The topological polar surface area (TPSA) is 71.7 Å². The summed E-state index contributed by atoms with van der Waals surface area (Å²) in [7, 11) is -3.63. The van der Waals surface area contributed by atoms with Crippen LogP contribution in [0.1, 0.15) is 25.3 Å². The molecule has 3 aromatic rings. The van der Waals surface area contributed by atoms with Crippen LogP contribution in [0.25, 0.3) is 10.2 Å². The zero-order valence-corrected chi connectivity index (χ0v) is 20.6. The first-order chi connectivity index (χ1) is 14.8. The van der Waals surface area contributed by atoms with Crippen LogP contribution in [0.2, 0.25) is 0 Å². The molecule has 1 unspecified atom stereocenters. The Hall–Kier alpha value is -1.81. The van der Waals surface area contributed by atoms with Crippen molar-refractivity contribution in [2.75, 3.05) is 13.1 Å². The first-order valence-electron chi connectivity index (χ1n) is 10.2. The van der Waals surface area contributed by atoms with Crippen LogP contribution in [-0.2, 0) is 21.4 Å². The van der Waals surface area contributed by atoms with E-state index < -0.39 is 15.9 Å². The van der Waals surface area contributed by atoms with Gasteiger partial charge in [-0.15, -0.1) is 0 Å². The van der Waals surface area contributed by atoms with Crippen LogP contribution in [0.3, 0.4) is 0 Å². The third kappa shape index (κ3) is 4.41. The number of hydrogen-bond acceptors (Lipinski definition) is 4. The van der Waals surface area contributed by atoms with Gasteiger partial charge in [-0.3, -0.25) is 4.79 Å². The maximum atomic E-state index is 13.1. The number of aryl methyl sites for hydroxylation is 2. The number of aromatic nitrogens is 1. The number of carbonyl (C=O) groups excluding carboxylic acids is 1. The molecule has 0 bridgehead atoms. The average molecular weight is 522 g/mol. The summed E-state index contributed by atoms with van der Waals surface area (Å²) in [4.78, 5) is 18.4. The van der Waals surface area contributed by atoms with Gasteiger partial charge in [-0.1, -0.05) is 35.1 Å². The Morgan fingerprint density at radius 3 is 2.68 bits per heavy atom. The van der Waals surface area contributed by atoms with E-state index in [2.05, 4.69) is 20.9 Å². The van der Waals surface area contributed by atoms with Gasteiger partial charge in [0.25, 0.3) is 5.91 Å². The SMILES string of the molecule is CCn1c(=NC(=O)C2CCCN(S(=O)(=O)c3ccc(C)cc3)C2)sc2cccc(Br)c21. The van der Waals surface area contributed by atoms with Crippen molar-refractivity contribution in [2.45, 2.75) is 38.1 Å². The number of sulfonamides is 1. The lowest BCUT2D eigenvalue weighted by Gasteiger charge is -2.30. The lowest BCUT2D eigenvalue weighted by Crippen LogP contribution is -2.42.